The van der Waals surface area contributed by atoms with Gasteiger partial charge in [0.25, 0.3) is 0 Å². The van der Waals surface area contributed by atoms with Crippen molar-refractivity contribution in [2.24, 2.45) is 53.1 Å². The molecule has 0 spiro atoms. The van der Waals surface area contributed by atoms with Gasteiger partial charge in [0.2, 0.25) is 0 Å². The molecule has 76 valence electrons. The first-order valence-electron chi connectivity index (χ1n) is 6.20. The fraction of sp³-hybridized carbons (Fsp3) is 1.00. The predicted octanol–water partition coefficient (Wildman–Crippen LogP) is 0.454. The number of rotatable bonds is 1. The van der Waals surface area contributed by atoms with Crippen LogP contribution in [-0.2, 0) is 0 Å². The predicted molar refractivity (Wildman–Crippen MR) is 51.2 cm³/mol. The van der Waals surface area contributed by atoms with E-state index in [9.17, 15) is 5.11 Å². The minimum atomic E-state index is -0.426. The summed E-state index contributed by atoms with van der Waals surface area (Å²) in [6.45, 7) is 0.530. The molecule has 2 bridgehead atoms. The van der Waals surface area contributed by atoms with Crippen LogP contribution in [0.25, 0.3) is 0 Å². The Balaban J connectivity index is 1.79. The highest BCUT2D eigenvalue weighted by Crippen LogP contribution is 2.85. The number of hydrogen-bond donors (Lipinski definition) is 2. The minimum Gasteiger partial charge on any atom is -0.388 e. The van der Waals surface area contributed by atoms with Crippen LogP contribution in [0.2, 0.25) is 0 Å². The molecule has 0 saturated heterocycles. The lowest BCUT2D eigenvalue weighted by molar-refractivity contribution is -0.123. The van der Waals surface area contributed by atoms with Crippen molar-refractivity contribution in [3.05, 3.63) is 0 Å². The Bertz CT molecular complexity index is 337. The molecule has 5 aliphatic carbocycles. The SMILES string of the molecule is NC[C@]1(O)[C@H]2[C@@H]3C[C@@H]4[C@H]5[C@H]3C[C@H]2[C@H]5[C@@H]41. The summed E-state index contributed by atoms with van der Waals surface area (Å²) in [6, 6.07) is 0. The zero-order valence-corrected chi connectivity index (χ0v) is 8.26. The molecule has 9 atom stereocenters. The lowest BCUT2D eigenvalue weighted by atomic mass is 9.56. The third-order valence-corrected chi connectivity index (χ3v) is 6.85. The first-order valence-corrected chi connectivity index (χ1v) is 6.20. The average molecular weight is 191 g/mol. The van der Waals surface area contributed by atoms with E-state index in [0.717, 1.165) is 35.5 Å². The molecule has 0 unspecified atom stereocenters. The standard InChI is InChI=1S/C12H17NO/c13-3-12(14)10-5-2-6-8-4(5)1-7(10)9(8)11(6)12/h4-11,14H,1-3,13H2/t4-,5+,6+,7-,8+,9+,10-,11+,12-/m0/s1. The smallest absolute Gasteiger partial charge is 0.0836 e. The van der Waals surface area contributed by atoms with E-state index in [4.69, 9.17) is 5.73 Å². The Kier molecular flexibility index (Phi) is 0.875. The van der Waals surface area contributed by atoms with Gasteiger partial charge in [-0.2, -0.15) is 0 Å². The molecule has 5 aliphatic rings. The Morgan fingerprint density at radius 3 is 2.50 bits per heavy atom. The van der Waals surface area contributed by atoms with Gasteiger partial charge in [-0.15, -0.1) is 0 Å². The summed E-state index contributed by atoms with van der Waals surface area (Å²) in [6.07, 6.45) is 2.89. The second-order valence-corrected chi connectivity index (χ2v) is 6.53. The maximum Gasteiger partial charge on any atom is 0.0836 e. The fourth-order valence-corrected chi connectivity index (χ4v) is 7.00. The van der Waals surface area contributed by atoms with Crippen molar-refractivity contribution < 1.29 is 5.11 Å². The van der Waals surface area contributed by atoms with Gasteiger partial charge in [0.1, 0.15) is 0 Å². The van der Waals surface area contributed by atoms with Gasteiger partial charge in [0.05, 0.1) is 5.60 Å². The van der Waals surface area contributed by atoms with Crippen molar-refractivity contribution >= 4 is 0 Å². The number of aliphatic hydroxyl groups is 1. The molecule has 3 N–H and O–H groups in total. The third-order valence-electron chi connectivity index (χ3n) is 6.85. The first kappa shape index (κ1) is 7.24. The van der Waals surface area contributed by atoms with Gasteiger partial charge in [0.15, 0.2) is 0 Å². The van der Waals surface area contributed by atoms with Gasteiger partial charge >= 0.3 is 0 Å². The summed E-state index contributed by atoms with van der Waals surface area (Å²) in [7, 11) is 0. The zero-order chi connectivity index (χ0) is 9.24. The lowest BCUT2D eigenvalue weighted by Gasteiger charge is -2.51. The van der Waals surface area contributed by atoms with Crippen molar-refractivity contribution in [2.45, 2.75) is 18.4 Å². The highest BCUT2D eigenvalue weighted by Gasteiger charge is 2.84. The van der Waals surface area contributed by atoms with Gasteiger partial charge < -0.3 is 10.8 Å². The molecule has 5 fully saturated rings. The Morgan fingerprint density at radius 1 is 1.00 bits per heavy atom. The molecule has 5 rings (SSSR count). The second kappa shape index (κ2) is 1.69. The molecule has 14 heavy (non-hydrogen) atoms. The lowest BCUT2D eigenvalue weighted by Crippen LogP contribution is -2.57. The molecule has 0 aromatic carbocycles. The molecule has 0 aliphatic heterocycles. The molecule has 0 aromatic rings. The molecule has 0 radical (unpaired) electrons. The first-order chi connectivity index (χ1) is 6.77. The average Bonchev–Trinajstić information content (AvgIpc) is 2.63. The molecule has 5 saturated carbocycles. The van der Waals surface area contributed by atoms with Crippen LogP contribution < -0.4 is 5.73 Å². The van der Waals surface area contributed by atoms with E-state index >= 15 is 0 Å². The van der Waals surface area contributed by atoms with E-state index in [0.29, 0.717) is 18.4 Å². The van der Waals surface area contributed by atoms with Crippen LogP contribution in [0, 0.1) is 47.3 Å². The van der Waals surface area contributed by atoms with Crippen LogP contribution in [0.1, 0.15) is 12.8 Å². The van der Waals surface area contributed by atoms with E-state index in [1.54, 1.807) is 0 Å². The maximum atomic E-state index is 10.7. The van der Waals surface area contributed by atoms with E-state index in [1.165, 1.54) is 12.8 Å². The number of hydrogen-bond acceptors (Lipinski definition) is 2. The highest BCUT2D eigenvalue weighted by atomic mass is 16.3. The van der Waals surface area contributed by atoms with Crippen LogP contribution in [0.5, 0.6) is 0 Å². The van der Waals surface area contributed by atoms with E-state index in [2.05, 4.69) is 0 Å². The fourth-order valence-electron chi connectivity index (χ4n) is 7.00. The van der Waals surface area contributed by atoms with Crippen molar-refractivity contribution in [3.63, 3.8) is 0 Å². The van der Waals surface area contributed by atoms with E-state index in [1.807, 2.05) is 0 Å². The molecular formula is C12H17NO. The van der Waals surface area contributed by atoms with Gasteiger partial charge in [-0.25, -0.2) is 0 Å². The number of nitrogens with two attached hydrogens (primary N) is 1. The van der Waals surface area contributed by atoms with Gasteiger partial charge in [-0.1, -0.05) is 0 Å². The van der Waals surface area contributed by atoms with Crippen LogP contribution in [-0.4, -0.2) is 17.3 Å². The van der Waals surface area contributed by atoms with Crippen molar-refractivity contribution in [1.82, 2.24) is 0 Å². The maximum absolute atomic E-state index is 10.7. The van der Waals surface area contributed by atoms with Crippen LogP contribution >= 0.6 is 0 Å². The molecule has 0 aromatic heterocycles. The summed E-state index contributed by atoms with van der Waals surface area (Å²) in [5, 5.41) is 10.7. The Morgan fingerprint density at radius 2 is 1.71 bits per heavy atom. The normalized spacial score (nSPS) is 80.1. The Labute approximate surface area is 83.9 Å². The molecule has 0 heterocycles. The van der Waals surface area contributed by atoms with Crippen LogP contribution in [0.4, 0.5) is 0 Å². The molecule has 2 heteroatoms. The van der Waals surface area contributed by atoms with Crippen LogP contribution in [0.15, 0.2) is 0 Å². The van der Waals surface area contributed by atoms with Crippen molar-refractivity contribution in [1.29, 1.82) is 0 Å². The Hall–Kier alpha value is -0.0800. The van der Waals surface area contributed by atoms with E-state index < -0.39 is 5.60 Å². The monoisotopic (exact) mass is 191 g/mol. The summed E-state index contributed by atoms with van der Waals surface area (Å²) in [4.78, 5) is 0. The van der Waals surface area contributed by atoms with Gasteiger partial charge in [0, 0.05) is 6.54 Å². The molecule has 0 amide bonds. The van der Waals surface area contributed by atoms with Gasteiger partial charge in [-0.3, -0.25) is 0 Å². The summed E-state index contributed by atoms with van der Waals surface area (Å²) in [5.41, 5.74) is 5.43. The second-order valence-electron chi connectivity index (χ2n) is 6.53. The van der Waals surface area contributed by atoms with Crippen molar-refractivity contribution in [2.75, 3.05) is 6.54 Å². The summed E-state index contributed by atoms with van der Waals surface area (Å²) >= 11 is 0. The highest BCUT2D eigenvalue weighted by molar-refractivity contribution is 5.32. The topological polar surface area (TPSA) is 46.2 Å². The zero-order valence-electron chi connectivity index (χ0n) is 8.26. The van der Waals surface area contributed by atoms with E-state index in [-0.39, 0.29) is 0 Å². The van der Waals surface area contributed by atoms with Crippen molar-refractivity contribution in [3.8, 4) is 0 Å². The third kappa shape index (κ3) is 0.409. The molecule has 2 nitrogen and oxygen atoms in total. The summed E-state index contributed by atoms with van der Waals surface area (Å²) < 4.78 is 0. The minimum absolute atomic E-state index is 0.426. The summed E-state index contributed by atoms with van der Waals surface area (Å²) in [5.74, 6) is 6.82. The largest absolute Gasteiger partial charge is 0.388 e. The number of fused-ring (bicyclic) bond motifs is 2. The quantitative estimate of drug-likeness (QED) is 0.632. The molecular weight excluding hydrogens is 174 g/mol. The van der Waals surface area contributed by atoms with Crippen LogP contribution in [0.3, 0.4) is 0 Å². The van der Waals surface area contributed by atoms with Gasteiger partial charge in [-0.05, 0) is 60.2 Å².